The van der Waals surface area contributed by atoms with Crippen LogP contribution in [0.1, 0.15) is 10.5 Å². The summed E-state index contributed by atoms with van der Waals surface area (Å²) in [6.07, 6.45) is 1.54. The lowest BCUT2D eigenvalue weighted by molar-refractivity contribution is 0.0391. The van der Waals surface area contributed by atoms with Gasteiger partial charge in [0.25, 0.3) is 5.91 Å². The fourth-order valence-electron chi connectivity index (χ4n) is 3.69. The Bertz CT molecular complexity index is 1260. The van der Waals surface area contributed by atoms with Gasteiger partial charge in [0.2, 0.25) is 0 Å². The minimum atomic E-state index is -0.206. The van der Waals surface area contributed by atoms with Crippen molar-refractivity contribution in [2.45, 2.75) is 0 Å². The summed E-state index contributed by atoms with van der Waals surface area (Å²) in [6.45, 7) is 4.37. The molecule has 0 aliphatic carbocycles. The number of hydrogen-bond acceptors (Lipinski definition) is 8. The molecule has 8 nitrogen and oxygen atoms in total. The molecule has 10 heteroatoms. The predicted octanol–water partition coefficient (Wildman–Crippen LogP) is 3.65. The molecule has 0 bridgehead atoms. The van der Waals surface area contributed by atoms with Gasteiger partial charge in [-0.05, 0) is 24.3 Å². The maximum atomic E-state index is 13.6. The number of carbonyl (C=O) groups is 1. The molecule has 0 radical (unpaired) electrons. The quantitative estimate of drug-likeness (QED) is 0.412. The lowest BCUT2D eigenvalue weighted by Crippen LogP contribution is -2.43. The number of morpholine rings is 1. The molecule has 0 saturated carbocycles. The van der Waals surface area contributed by atoms with Crippen molar-refractivity contribution in [1.29, 1.82) is 0 Å². The summed E-state index contributed by atoms with van der Waals surface area (Å²) >= 11 is 1.48. The maximum Gasteiger partial charge on any atom is 0.280 e. The Hall–Kier alpha value is -2.85. The maximum absolute atomic E-state index is 13.6. The summed E-state index contributed by atoms with van der Waals surface area (Å²) < 4.78 is 11.8. The average Bonchev–Trinajstić information content (AvgIpc) is 3.27. The van der Waals surface area contributed by atoms with E-state index >= 15 is 0 Å². The van der Waals surface area contributed by atoms with Crippen LogP contribution < -0.4 is 9.64 Å². The molecule has 1 amide bonds. The molecule has 1 aliphatic heterocycles. The topological polar surface area (TPSA) is 80.7 Å². The number of methoxy groups -OCH3 is 1. The molecule has 0 N–H and O–H groups in total. The number of aromatic nitrogens is 3. The van der Waals surface area contributed by atoms with E-state index in [-0.39, 0.29) is 18.3 Å². The van der Waals surface area contributed by atoms with Crippen molar-refractivity contribution in [3.63, 3.8) is 0 Å². The normalized spacial score (nSPS) is 14.2. The summed E-state index contributed by atoms with van der Waals surface area (Å²) in [4.78, 5) is 31.3. The number of rotatable bonds is 6. The zero-order chi connectivity index (χ0) is 21.9. The third-order valence-electron chi connectivity index (χ3n) is 5.47. The van der Waals surface area contributed by atoms with Crippen LogP contribution in [0.4, 0.5) is 5.13 Å². The van der Waals surface area contributed by atoms with Gasteiger partial charge in [-0.15, -0.1) is 12.4 Å². The van der Waals surface area contributed by atoms with Gasteiger partial charge < -0.3 is 9.47 Å². The average molecular weight is 486 g/mol. The first-order valence-corrected chi connectivity index (χ1v) is 11.3. The zero-order valence-corrected chi connectivity index (χ0v) is 19.8. The predicted molar refractivity (Wildman–Crippen MR) is 132 cm³/mol. The molecule has 0 spiro atoms. The number of benzene rings is 2. The Morgan fingerprint density at radius 1 is 1.12 bits per heavy atom. The largest absolute Gasteiger partial charge is 0.497 e. The van der Waals surface area contributed by atoms with E-state index in [0.29, 0.717) is 36.1 Å². The molecule has 2 aromatic heterocycles. The summed E-state index contributed by atoms with van der Waals surface area (Å²) in [5.74, 6) is 0.531. The number of nitrogens with zero attached hydrogens (tertiary/aromatic N) is 5. The van der Waals surface area contributed by atoms with Crippen LogP contribution in [0, 0.1) is 0 Å². The number of fused-ring (bicyclic) bond motifs is 2. The summed E-state index contributed by atoms with van der Waals surface area (Å²) in [7, 11) is 1.63. The second-order valence-corrected chi connectivity index (χ2v) is 8.49. The number of amides is 1. The van der Waals surface area contributed by atoms with Gasteiger partial charge >= 0.3 is 0 Å². The highest BCUT2D eigenvalue weighted by Crippen LogP contribution is 2.32. The van der Waals surface area contributed by atoms with Crippen molar-refractivity contribution in [3.05, 3.63) is 54.4 Å². The number of thiazole rings is 1. The number of halogens is 1. The van der Waals surface area contributed by atoms with Crippen LogP contribution in [-0.4, -0.2) is 72.3 Å². The van der Waals surface area contributed by atoms with Gasteiger partial charge in [-0.1, -0.05) is 23.5 Å². The van der Waals surface area contributed by atoms with Gasteiger partial charge in [-0.3, -0.25) is 19.6 Å². The molecule has 5 rings (SSSR count). The molecule has 172 valence electrons. The van der Waals surface area contributed by atoms with Crippen LogP contribution in [0.25, 0.3) is 21.3 Å². The Morgan fingerprint density at radius 2 is 1.91 bits per heavy atom. The number of para-hydroxylation sites is 2. The lowest BCUT2D eigenvalue weighted by atomic mass is 10.3. The van der Waals surface area contributed by atoms with Crippen molar-refractivity contribution in [2.75, 3.05) is 51.4 Å². The molecular formula is C23H24ClN5O3S. The van der Waals surface area contributed by atoms with E-state index in [0.717, 1.165) is 41.1 Å². The number of hydrogen-bond donors (Lipinski definition) is 0. The second-order valence-electron chi connectivity index (χ2n) is 7.48. The van der Waals surface area contributed by atoms with Gasteiger partial charge in [-0.2, -0.15) is 0 Å². The van der Waals surface area contributed by atoms with Crippen molar-refractivity contribution >= 4 is 56.0 Å². The van der Waals surface area contributed by atoms with Crippen LogP contribution in [-0.2, 0) is 4.74 Å². The van der Waals surface area contributed by atoms with Crippen LogP contribution in [0.3, 0.4) is 0 Å². The Balaban J connectivity index is 0.00000259. The third-order valence-corrected chi connectivity index (χ3v) is 6.53. The van der Waals surface area contributed by atoms with Crippen molar-refractivity contribution in [2.24, 2.45) is 0 Å². The molecule has 0 atom stereocenters. The van der Waals surface area contributed by atoms with Crippen LogP contribution in [0.2, 0.25) is 0 Å². The molecule has 3 heterocycles. The van der Waals surface area contributed by atoms with Gasteiger partial charge in [0.15, 0.2) is 5.13 Å². The Kier molecular flexibility index (Phi) is 7.34. The van der Waals surface area contributed by atoms with E-state index in [1.165, 1.54) is 11.3 Å². The van der Waals surface area contributed by atoms with Crippen molar-refractivity contribution < 1.29 is 14.3 Å². The molecular weight excluding hydrogens is 462 g/mol. The SMILES string of the molecule is COc1ccc2sc(N(CCN3CCOCC3)C(=O)c3cnc4ccccc4n3)nc2c1.Cl. The van der Waals surface area contributed by atoms with Crippen molar-refractivity contribution in [1.82, 2.24) is 19.9 Å². The third kappa shape index (κ3) is 5.06. The van der Waals surface area contributed by atoms with Gasteiger partial charge in [0.05, 0.1) is 47.8 Å². The fraction of sp³-hybridized carbons (Fsp3) is 0.304. The van der Waals surface area contributed by atoms with E-state index < -0.39 is 0 Å². The number of anilines is 1. The van der Waals surface area contributed by atoms with Gasteiger partial charge in [0, 0.05) is 32.2 Å². The first-order valence-electron chi connectivity index (χ1n) is 10.5. The van der Waals surface area contributed by atoms with Crippen molar-refractivity contribution in [3.8, 4) is 5.75 Å². The van der Waals surface area contributed by atoms with Gasteiger partial charge in [0.1, 0.15) is 11.4 Å². The lowest BCUT2D eigenvalue weighted by Gasteiger charge is -2.29. The smallest absolute Gasteiger partial charge is 0.280 e. The zero-order valence-electron chi connectivity index (χ0n) is 18.1. The summed E-state index contributed by atoms with van der Waals surface area (Å²) in [5.41, 5.74) is 2.57. The first kappa shape index (κ1) is 23.3. The Labute approximate surface area is 201 Å². The van der Waals surface area contributed by atoms with E-state index in [2.05, 4.69) is 14.9 Å². The highest BCUT2D eigenvalue weighted by atomic mass is 35.5. The highest BCUT2D eigenvalue weighted by molar-refractivity contribution is 7.22. The molecule has 33 heavy (non-hydrogen) atoms. The minimum absolute atomic E-state index is 0. The minimum Gasteiger partial charge on any atom is -0.497 e. The standard InChI is InChI=1S/C23H23N5O3S.ClH/c1-30-16-6-7-21-19(14-16)26-23(32-21)28(9-8-27-10-12-31-13-11-27)22(29)20-15-24-17-4-2-3-5-18(17)25-20;/h2-7,14-15H,8-13H2,1H3;1H. The highest BCUT2D eigenvalue weighted by Gasteiger charge is 2.24. The Morgan fingerprint density at radius 3 is 2.70 bits per heavy atom. The fourth-order valence-corrected chi connectivity index (χ4v) is 4.66. The van der Waals surface area contributed by atoms with E-state index in [4.69, 9.17) is 14.5 Å². The first-order chi connectivity index (χ1) is 15.7. The van der Waals surface area contributed by atoms with Crippen LogP contribution in [0.15, 0.2) is 48.7 Å². The molecule has 1 aliphatic rings. The van der Waals surface area contributed by atoms with Gasteiger partial charge in [-0.25, -0.2) is 9.97 Å². The molecule has 0 unspecified atom stereocenters. The molecule has 4 aromatic rings. The van der Waals surface area contributed by atoms with E-state index in [1.54, 1.807) is 18.2 Å². The van der Waals surface area contributed by atoms with Crippen LogP contribution >= 0.6 is 23.7 Å². The monoisotopic (exact) mass is 485 g/mol. The molecule has 2 aromatic carbocycles. The summed E-state index contributed by atoms with van der Waals surface area (Å²) in [5, 5.41) is 0.640. The molecule has 1 fully saturated rings. The number of ether oxygens (including phenoxy) is 2. The van der Waals surface area contributed by atoms with E-state index in [9.17, 15) is 4.79 Å². The number of carbonyl (C=O) groups excluding carboxylic acids is 1. The van der Waals surface area contributed by atoms with Crippen LogP contribution in [0.5, 0.6) is 5.75 Å². The second kappa shape index (κ2) is 10.4. The van der Waals surface area contributed by atoms with E-state index in [1.807, 2.05) is 42.5 Å². The molecule has 1 saturated heterocycles. The summed E-state index contributed by atoms with van der Waals surface area (Å²) in [6, 6.07) is 13.3.